The number of nitrogens with one attached hydrogen (secondary N) is 1. The first-order valence-corrected chi connectivity index (χ1v) is 9.37. The van der Waals surface area contributed by atoms with E-state index in [0.29, 0.717) is 12.6 Å². The molecule has 0 aromatic heterocycles. The monoisotopic (exact) mass is 332 g/mol. The lowest BCUT2D eigenvalue weighted by Crippen LogP contribution is -2.51. The fourth-order valence-corrected chi connectivity index (χ4v) is 3.24. The number of hydrogen-bond donors (Lipinski definition) is 1. The summed E-state index contributed by atoms with van der Waals surface area (Å²) in [6.07, 6.45) is 5.49. The second-order valence-electron chi connectivity index (χ2n) is 6.91. The van der Waals surface area contributed by atoms with Crippen LogP contribution in [0.1, 0.15) is 58.4 Å². The van der Waals surface area contributed by atoms with Crippen molar-refractivity contribution < 1.29 is 9.53 Å². The number of carbonyl (C=O) groups is 1. The Morgan fingerprint density at radius 1 is 1.38 bits per heavy atom. The summed E-state index contributed by atoms with van der Waals surface area (Å²) in [6.45, 7) is 8.83. The Morgan fingerprint density at radius 2 is 2.21 bits per heavy atom. The summed E-state index contributed by atoms with van der Waals surface area (Å²) in [4.78, 5) is 14.9. The SMILES string of the molecule is CCCCOc1cccc(CNC(=O)C2CCCCN2C(C)C)c1. The smallest absolute Gasteiger partial charge is 0.237 e. The summed E-state index contributed by atoms with van der Waals surface area (Å²) in [6, 6.07) is 8.45. The van der Waals surface area contributed by atoms with E-state index in [-0.39, 0.29) is 11.9 Å². The molecule has 1 saturated heterocycles. The van der Waals surface area contributed by atoms with E-state index in [9.17, 15) is 4.79 Å². The molecule has 134 valence electrons. The first-order valence-electron chi connectivity index (χ1n) is 9.37. The fraction of sp³-hybridized carbons (Fsp3) is 0.650. The Hall–Kier alpha value is -1.55. The summed E-state index contributed by atoms with van der Waals surface area (Å²) < 4.78 is 5.74. The number of unbranched alkanes of at least 4 members (excludes halogenated alkanes) is 1. The Bertz CT molecular complexity index is 516. The highest BCUT2D eigenvalue weighted by Crippen LogP contribution is 2.20. The lowest BCUT2D eigenvalue weighted by atomic mass is 9.99. The highest BCUT2D eigenvalue weighted by molar-refractivity contribution is 5.81. The van der Waals surface area contributed by atoms with Crippen molar-refractivity contribution in [3.05, 3.63) is 29.8 Å². The molecule has 2 rings (SSSR count). The topological polar surface area (TPSA) is 41.6 Å². The van der Waals surface area contributed by atoms with E-state index in [0.717, 1.165) is 50.1 Å². The maximum absolute atomic E-state index is 12.6. The standard InChI is InChI=1S/C20H32N2O2/c1-4-5-13-24-18-10-8-9-17(14-18)15-21-20(23)19-11-6-7-12-22(19)16(2)3/h8-10,14,16,19H,4-7,11-13,15H2,1-3H3,(H,21,23). The van der Waals surface area contributed by atoms with Crippen LogP contribution >= 0.6 is 0 Å². The van der Waals surface area contributed by atoms with E-state index >= 15 is 0 Å². The molecule has 4 heteroatoms. The lowest BCUT2D eigenvalue weighted by molar-refractivity contribution is -0.128. The number of benzene rings is 1. The summed E-state index contributed by atoms with van der Waals surface area (Å²) in [7, 11) is 0. The second-order valence-corrected chi connectivity index (χ2v) is 6.91. The van der Waals surface area contributed by atoms with Crippen molar-refractivity contribution >= 4 is 5.91 Å². The van der Waals surface area contributed by atoms with Gasteiger partial charge in [-0.2, -0.15) is 0 Å². The number of rotatable bonds is 8. The zero-order valence-electron chi connectivity index (χ0n) is 15.4. The highest BCUT2D eigenvalue weighted by Gasteiger charge is 2.29. The molecule has 1 fully saturated rings. The van der Waals surface area contributed by atoms with Gasteiger partial charge in [0.2, 0.25) is 5.91 Å². The predicted molar refractivity (Wildman–Crippen MR) is 98.2 cm³/mol. The minimum Gasteiger partial charge on any atom is -0.494 e. The number of hydrogen-bond acceptors (Lipinski definition) is 3. The van der Waals surface area contributed by atoms with E-state index < -0.39 is 0 Å². The molecule has 0 bridgehead atoms. The van der Waals surface area contributed by atoms with Gasteiger partial charge < -0.3 is 10.1 Å². The van der Waals surface area contributed by atoms with Crippen molar-refractivity contribution in [3.8, 4) is 5.75 Å². The van der Waals surface area contributed by atoms with Gasteiger partial charge in [-0.3, -0.25) is 9.69 Å². The van der Waals surface area contributed by atoms with Gasteiger partial charge in [0.25, 0.3) is 0 Å². The van der Waals surface area contributed by atoms with Gasteiger partial charge in [0.05, 0.1) is 12.6 Å². The van der Waals surface area contributed by atoms with Crippen LogP contribution < -0.4 is 10.1 Å². The number of likely N-dealkylation sites (tertiary alicyclic amines) is 1. The van der Waals surface area contributed by atoms with Gasteiger partial charge in [-0.05, 0) is 57.4 Å². The van der Waals surface area contributed by atoms with E-state index in [2.05, 4.69) is 31.0 Å². The molecule has 24 heavy (non-hydrogen) atoms. The minimum absolute atomic E-state index is 0.0164. The van der Waals surface area contributed by atoms with Gasteiger partial charge in [-0.15, -0.1) is 0 Å². The lowest BCUT2D eigenvalue weighted by Gasteiger charge is -2.37. The number of carbonyl (C=O) groups excluding carboxylic acids is 1. The highest BCUT2D eigenvalue weighted by atomic mass is 16.5. The molecule has 1 N–H and O–H groups in total. The fourth-order valence-electron chi connectivity index (χ4n) is 3.24. The quantitative estimate of drug-likeness (QED) is 0.737. The first kappa shape index (κ1) is 18.8. The molecule has 1 aromatic rings. The van der Waals surface area contributed by atoms with Crippen molar-refractivity contribution in [2.75, 3.05) is 13.2 Å². The van der Waals surface area contributed by atoms with Gasteiger partial charge in [-0.25, -0.2) is 0 Å². The van der Waals surface area contributed by atoms with Crippen molar-refractivity contribution in [2.45, 2.75) is 71.5 Å². The predicted octanol–water partition coefficient (Wildman–Crippen LogP) is 3.74. The number of ether oxygens (including phenoxy) is 1. The minimum atomic E-state index is 0.0164. The van der Waals surface area contributed by atoms with Crippen LogP contribution in [0.15, 0.2) is 24.3 Å². The normalized spacial score (nSPS) is 18.6. The van der Waals surface area contributed by atoms with Gasteiger partial charge in [-0.1, -0.05) is 31.9 Å². The van der Waals surface area contributed by atoms with Crippen LogP contribution in [-0.2, 0) is 11.3 Å². The Labute approximate surface area is 146 Å². The third-order valence-electron chi connectivity index (χ3n) is 4.64. The molecule has 1 aromatic carbocycles. The second kappa shape index (κ2) is 9.67. The molecular formula is C20H32N2O2. The van der Waals surface area contributed by atoms with Gasteiger partial charge in [0.15, 0.2) is 0 Å². The molecular weight excluding hydrogens is 300 g/mol. The molecule has 1 aliphatic heterocycles. The molecule has 1 heterocycles. The molecule has 0 radical (unpaired) electrons. The first-order chi connectivity index (χ1) is 11.6. The van der Waals surface area contributed by atoms with E-state index in [1.165, 1.54) is 6.42 Å². The third kappa shape index (κ3) is 5.52. The molecule has 1 atom stereocenters. The molecule has 0 aliphatic carbocycles. The van der Waals surface area contributed by atoms with Crippen molar-refractivity contribution in [3.63, 3.8) is 0 Å². The van der Waals surface area contributed by atoms with E-state index in [4.69, 9.17) is 4.74 Å². The molecule has 4 nitrogen and oxygen atoms in total. The Balaban J connectivity index is 1.87. The average molecular weight is 332 g/mol. The molecule has 0 saturated carbocycles. The van der Waals surface area contributed by atoms with Crippen LogP contribution in [0.25, 0.3) is 0 Å². The molecule has 1 amide bonds. The zero-order valence-corrected chi connectivity index (χ0v) is 15.4. The number of nitrogens with zero attached hydrogens (tertiary/aromatic N) is 1. The summed E-state index contributed by atoms with van der Waals surface area (Å²) >= 11 is 0. The van der Waals surface area contributed by atoms with Crippen molar-refractivity contribution in [2.24, 2.45) is 0 Å². The van der Waals surface area contributed by atoms with Crippen molar-refractivity contribution in [1.82, 2.24) is 10.2 Å². The van der Waals surface area contributed by atoms with Gasteiger partial charge >= 0.3 is 0 Å². The molecule has 1 unspecified atom stereocenters. The average Bonchev–Trinajstić information content (AvgIpc) is 2.60. The van der Waals surface area contributed by atoms with E-state index in [1.807, 2.05) is 24.3 Å². The summed E-state index contributed by atoms with van der Waals surface area (Å²) in [5.41, 5.74) is 1.09. The molecule has 1 aliphatic rings. The van der Waals surface area contributed by atoms with Crippen LogP contribution in [0, 0.1) is 0 Å². The van der Waals surface area contributed by atoms with Crippen LogP contribution in [0.3, 0.4) is 0 Å². The van der Waals surface area contributed by atoms with E-state index in [1.54, 1.807) is 0 Å². The largest absolute Gasteiger partial charge is 0.494 e. The van der Waals surface area contributed by atoms with Crippen LogP contribution in [-0.4, -0.2) is 36.0 Å². The molecule has 0 spiro atoms. The van der Waals surface area contributed by atoms with Gasteiger partial charge in [0, 0.05) is 12.6 Å². The maximum Gasteiger partial charge on any atom is 0.237 e. The van der Waals surface area contributed by atoms with Crippen molar-refractivity contribution in [1.29, 1.82) is 0 Å². The Morgan fingerprint density at radius 3 is 2.96 bits per heavy atom. The Kier molecular flexibility index (Phi) is 7.57. The van der Waals surface area contributed by atoms with Crippen LogP contribution in [0.4, 0.5) is 0 Å². The van der Waals surface area contributed by atoms with Crippen LogP contribution in [0.2, 0.25) is 0 Å². The summed E-state index contributed by atoms with van der Waals surface area (Å²) in [5, 5.41) is 3.11. The number of piperidine rings is 1. The third-order valence-corrected chi connectivity index (χ3v) is 4.64. The van der Waals surface area contributed by atoms with Crippen LogP contribution in [0.5, 0.6) is 5.75 Å². The zero-order chi connectivity index (χ0) is 17.4. The van der Waals surface area contributed by atoms with Gasteiger partial charge in [0.1, 0.15) is 5.75 Å². The summed E-state index contributed by atoms with van der Waals surface area (Å²) in [5.74, 6) is 1.04. The maximum atomic E-state index is 12.6. The number of amides is 1.